The average molecular weight is 419 g/mol. The second-order valence-electron chi connectivity index (χ2n) is 8.34. The number of rotatable bonds is 4. The summed E-state index contributed by atoms with van der Waals surface area (Å²) in [7, 11) is -3.63. The Morgan fingerprint density at radius 1 is 1.00 bits per heavy atom. The number of fused-ring (bicyclic) bond motifs is 2. The standard InChI is InChI=1S/C21H26N2O5S/c1-13-3-4-14(2)17(11-13)29(27,28)23-9-7-22(8-10-23)20(24)18-15-5-6-16(12-15)19(18)21(25)26/h3-6,11,15-16,18-19H,7-10,12H2,1-2H3,(H,25,26)/t15-,16+,18+,19+/m1/s1. The first-order valence-corrected chi connectivity index (χ1v) is 11.4. The zero-order valence-corrected chi connectivity index (χ0v) is 17.4. The number of aliphatic carboxylic acids is 1. The number of nitrogens with zero attached hydrogens (tertiary/aromatic N) is 2. The lowest BCUT2D eigenvalue weighted by molar-refractivity contribution is -0.151. The van der Waals surface area contributed by atoms with E-state index < -0.39 is 27.8 Å². The van der Waals surface area contributed by atoms with Crippen LogP contribution in [0.25, 0.3) is 0 Å². The van der Waals surface area contributed by atoms with Gasteiger partial charge in [-0.1, -0.05) is 24.3 Å². The van der Waals surface area contributed by atoms with Crippen molar-refractivity contribution in [1.29, 1.82) is 0 Å². The van der Waals surface area contributed by atoms with E-state index in [0.29, 0.717) is 16.9 Å². The molecule has 4 rings (SSSR count). The first kappa shape index (κ1) is 20.1. The van der Waals surface area contributed by atoms with Gasteiger partial charge in [0.25, 0.3) is 0 Å². The maximum atomic E-state index is 13.1. The van der Waals surface area contributed by atoms with Crippen molar-refractivity contribution in [3.8, 4) is 0 Å². The van der Waals surface area contributed by atoms with E-state index in [4.69, 9.17) is 0 Å². The summed E-state index contributed by atoms with van der Waals surface area (Å²) in [6.45, 7) is 4.64. The SMILES string of the molecule is Cc1ccc(C)c(S(=O)(=O)N2CCN(C(=O)[C@@H]3[C@@H](C(=O)O)[C@H]4C=C[C@@H]3C4)CC2)c1. The van der Waals surface area contributed by atoms with Crippen molar-refractivity contribution in [3.63, 3.8) is 0 Å². The Morgan fingerprint density at radius 3 is 2.24 bits per heavy atom. The Balaban J connectivity index is 1.47. The third kappa shape index (κ3) is 3.38. The summed E-state index contributed by atoms with van der Waals surface area (Å²) in [4.78, 5) is 26.7. The minimum atomic E-state index is -3.63. The van der Waals surface area contributed by atoms with Crippen LogP contribution in [0.3, 0.4) is 0 Å². The van der Waals surface area contributed by atoms with Crippen molar-refractivity contribution in [2.24, 2.45) is 23.7 Å². The normalized spacial score (nSPS) is 29.4. The molecule has 2 fully saturated rings. The lowest BCUT2D eigenvalue weighted by atomic mass is 9.82. The Labute approximate surface area is 171 Å². The minimum Gasteiger partial charge on any atom is -0.481 e. The Bertz CT molecular complexity index is 979. The van der Waals surface area contributed by atoms with Crippen LogP contribution in [-0.4, -0.2) is 60.8 Å². The van der Waals surface area contributed by atoms with Gasteiger partial charge in [-0.2, -0.15) is 4.31 Å². The number of piperazine rings is 1. The lowest BCUT2D eigenvalue weighted by Crippen LogP contribution is -2.53. The molecular formula is C21H26N2O5S. The van der Waals surface area contributed by atoms with Crippen LogP contribution in [0.5, 0.6) is 0 Å². The van der Waals surface area contributed by atoms with Crippen LogP contribution < -0.4 is 0 Å². The number of sulfonamides is 1. The van der Waals surface area contributed by atoms with Gasteiger partial charge >= 0.3 is 5.97 Å². The number of amides is 1. The number of carbonyl (C=O) groups excluding carboxylic acids is 1. The minimum absolute atomic E-state index is 0.0229. The topological polar surface area (TPSA) is 95.0 Å². The van der Waals surface area contributed by atoms with Crippen LogP contribution in [0, 0.1) is 37.5 Å². The number of allylic oxidation sites excluding steroid dienone is 2. The highest BCUT2D eigenvalue weighted by molar-refractivity contribution is 7.89. The second-order valence-corrected chi connectivity index (χ2v) is 10.2. The molecule has 1 amide bonds. The fourth-order valence-corrected chi connectivity index (χ4v) is 6.71. The summed E-state index contributed by atoms with van der Waals surface area (Å²) < 4.78 is 27.6. The summed E-state index contributed by atoms with van der Waals surface area (Å²) in [5, 5.41) is 9.58. The molecule has 1 aromatic rings. The first-order chi connectivity index (χ1) is 13.7. The third-order valence-corrected chi connectivity index (χ3v) is 8.58. The summed E-state index contributed by atoms with van der Waals surface area (Å²) in [6, 6.07) is 5.37. The van der Waals surface area contributed by atoms with E-state index in [0.717, 1.165) is 5.56 Å². The highest BCUT2D eigenvalue weighted by Crippen LogP contribution is 2.48. The van der Waals surface area contributed by atoms with Crippen LogP contribution in [0.1, 0.15) is 17.5 Å². The molecule has 29 heavy (non-hydrogen) atoms. The summed E-state index contributed by atoms with van der Waals surface area (Å²) in [5.74, 6) is -2.38. The number of hydrogen-bond acceptors (Lipinski definition) is 4. The molecule has 8 heteroatoms. The van der Waals surface area contributed by atoms with E-state index in [2.05, 4.69) is 0 Å². The molecule has 1 N–H and O–H groups in total. The van der Waals surface area contributed by atoms with Crippen LogP contribution in [0.15, 0.2) is 35.2 Å². The van der Waals surface area contributed by atoms with Crippen molar-refractivity contribution in [2.45, 2.75) is 25.2 Å². The molecule has 0 aromatic heterocycles. The highest BCUT2D eigenvalue weighted by Gasteiger charge is 2.52. The Hall–Kier alpha value is -2.19. The van der Waals surface area contributed by atoms with Gasteiger partial charge in [0, 0.05) is 26.2 Å². The molecule has 7 nitrogen and oxygen atoms in total. The molecule has 2 aliphatic carbocycles. The molecule has 0 spiro atoms. The van der Waals surface area contributed by atoms with Gasteiger partial charge in [-0.15, -0.1) is 0 Å². The number of benzene rings is 1. The van der Waals surface area contributed by atoms with E-state index >= 15 is 0 Å². The fraction of sp³-hybridized carbons (Fsp3) is 0.524. The molecule has 1 saturated carbocycles. The van der Waals surface area contributed by atoms with Crippen molar-refractivity contribution < 1.29 is 23.1 Å². The van der Waals surface area contributed by atoms with Gasteiger partial charge in [0.15, 0.2) is 0 Å². The van der Waals surface area contributed by atoms with Gasteiger partial charge in [-0.05, 0) is 49.3 Å². The number of hydrogen-bond donors (Lipinski definition) is 1. The average Bonchev–Trinajstić information content (AvgIpc) is 3.31. The van der Waals surface area contributed by atoms with Crippen molar-refractivity contribution in [2.75, 3.05) is 26.2 Å². The number of aryl methyl sites for hydroxylation is 2. The molecule has 1 aliphatic heterocycles. The molecule has 3 aliphatic rings. The summed E-state index contributed by atoms with van der Waals surface area (Å²) >= 11 is 0. The first-order valence-electron chi connectivity index (χ1n) is 9.97. The van der Waals surface area contributed by atoms with E-state index in [1.165, 1.54) is 4.31 Å². The number of carboxylic acids is 1. The van der Waals surface area contributed by atoms with Crippen LogP contribution in [-0.2, 0) is 19.6 Å². The Morgan fingerprint density at radius 2 is 1.62 bits per heavy atom. The maximum Gasteiger partial charge on any atom is 0.307 e. The number of carboxylic acid groups (broad SMARTS) is 1. The van der Waals surface area contributed by atoms with Crippen LogP contribution in [0.4, 0.5) is 0 Å². The van der Waals surface area contributed by atoms with E-state index in [1.54, 1.807) is 24.0 Å². The quantitative estimate of drug-likeness (QED) is 0.751. The molecule has 4 atom stereocenters. The molecule has 0 radical (unpaired) electrons. The Kier molecular flexibility index (Phi) is 5.02. The monoisotopic (exact) mass is 418 g/mol. The maximum absolute atomic E-state index is 13.1. The van der Waals surface area contributed by atoms with Gasteiger partial charge in [0.1, 0.15) is 0 Å². The van der Waals surface area contributed by atoms with Crippen molar-refractivity contribution >= 4 is 21.9 Å². The van der Waals surface area contributed by atoms with Crippen LogP contribution >= 0.6 is 0 Å². The van der Waals surface area contributed by atoms with Crippen molar-refractivity contribution in [1.82, 2.24) is 9.21 Å². The zero-order valence-electron chi connectivity index (χ0n) is 16.6. The predicted octanol–water partition coefficient (Wildman–Crippen LogP) is 1.66. The third-order valence-electron chi connectivity index (χ3n) is 6.54. The van der Waals surface area contributed by atoms with Gasteiger partial charge in [-0.3, -0.25) is 9.59 Å². The largest absolute Gasteiger partial charge is 0.481 e. The van der Waals surface area contributed by atoms with Crippen LogP contribution in [0.2, 0.25) is 0 Å². The predicted molar refractivity (Wildman–Crippen MR) is 107 cm³/mol. The molecule has 2 bridgehead atoms. The van der Waals surface area contributed by atoms with E-state index in [1.807, 2.05) is 25.1 Å². The van der Waals surface area contributed by atoms with Gasteiger partial charge in [0.05, 0.1) is 16.7 Å². The van der Waals surface area contributed by atoms with Gasteiger partial charge in [0.2, 0.25) is 15.9 Å². The lowest BCUT2D eigenvalue weighted by Gasteiger charge is -2.37. The summed E-state index contributed by atoms with van der Waals surface area (Å²) in [6.07, 6.45) is 4.60. The molecule has 0 unspecified atom stereocenters. The smallest absolute Gasteiger partial charge is 0.307 e. The summed E-state index contributed by atoms with van der Waals surface area (Å²) in [5.41, 5.74) is 1.58. The van der Waals surface area contributed by atoms with Gasteiger partial charge in [-0.25, -0.2) is 8.42 Å². The molecule has 1 aromatic carbocycles. The fourth-order valence-electron chi connectivity index (χ4n) is 4.98. The van der Waals surface area contributed by atoms with Crippen molar-refractivity contribution in [3.05, 3.63) is 41.5 Å². The molecular weight excluding hydrogens is 392 g/mol. The molecule has 1 saturated heterocycles. The van der Waals surface area contributed by atoms with E-state index in [9.17, 15) is 23.1 Å². The molecule has 156 valence electrons. The zero-order chi connectivity index (χ0) is 20.9. The van der Waals surface area contributed by atoms with Gasteiger partial charge < -0.3 is 10.0 Å². The molecule has 1 heterocycles. The highest BCUT2D eigenvalue weighted by atomic mass is 32.2. The second kappa shape index (κ2) is 7.25. The number of carbonyl (C=O) groups is 2. The van der Waals surface area contributed by atoms with E-state index in [-0.39, 0.29) is 43.9 Å².